The van der Waals surface area contributed by atoms with Gasteiger partial charge in [0.15, 0.2) is 0 Å². The summed E-state index contributed by atoms with van der Waals surface area (Å²) in [5, 5.41) is 0.254. The molecule has 2 aromatic rings. The van der Waals surface area contributed by atoms with Crippen molar-refractivity contribution < 1.29 is 9.59 Å². The molecular weight excluding hydrogens is 342 g/mol. The molecule has 0 aromatic heterocycles. The molecule has 3 nitrogen and oxygen atoms in total. The average Bonchev–Trinajstić information content (AvgIpc) is 2.83. The molecule has 3 rings (SSSR count). The largest absolute Gasteiger partial charge is 0.298 e. The molecule has 5 heteroatoms. The minimum Gasteiger partial charge on any atom is -0.268 e. The van der Waals surface area contributed by atoms with Gasteiger partial charge in [0.25, 0.3) is 11.1 Å². The first kappa shape index (κ1) is 16.6. The van der Waals surface area contributed by atoms with Crippen LogP contribution in [0.1, 0.15) is 12.5 Å². The second-order valence-electron chi connectivity index (χ2n) is 5.29. The number of benzene rings is 2. The molecule has 0 saturated carbocycles. The standard InChI is InChI=1S/C19H14ClNO2S/c1-13(11-14-5-3-2-4-6-14)12-17-18(22)21(19(23)24-17)16-9-7-15(20)8-10-16/h2-12H,1H3/b13-11+,17-12+. The summed E-state index contributed by atoms with van der Waals surface area (Å²) in [6.07, 6.45) is 3.71. The summed E-state index contributed by atoms with van der Waals surface area (Å²) in [5.41, 5.74) is 2.47. The summed E-state index contributed by atoms with van der Waals surface area (Å²) in [6.45, 7) is 1.91. The van der Waals surface area contributed by atoms with E-state index in [-0.39, 0.29) is 11.1 Å². The summed E-state index contributed by atoms with van der Waals surface area (Å²) in [5.74, 6) is -0.312. The van der Waals surface area contributed by atoms with Gasteiger partial charge in [0.05, 0.1) is 10.6 Å². The number of carbonyl (C=O) groups excluding carboxylic acids is 2. The Morgan fingerprint density at radius 1 is 1.04 bits per heavy atom. The first-order valence-electron chi connectivity index (χ1n) is 7.31. The Labute approximate surface area is 149 Å². The maximum atomic E-state index is 12.5. The molecule has 2 amide bonds. The van der Waals surface area contributed by atoms with E-state index < -0.39 is 0 Å². The molecule has 0 N–H and O–H groups in total. The molecule has 1 fully saturated rings. The van der Waals surface area contributed by atoms with Crippen molar-refractivity contribution in [2.24, 2.45) is 0 Å². The van der Waals surface area contributed by atoms with E-state index in [1.165, 1.54) is 4.90 Å². The summed E-state index contributed by atoms with van der Waals surface area (Å²) >= 11 is 6.80. The van der Waals surface area contributed by atoms with E-state index in [0.717, 1.165) is 22.9 Å². The van der Waals surface area contributed by atoms with Crippen molar-refractivity contribution in [2.45, 2.75) is 6.92 Å². The molecule has 2 aromatic carbocycles. The van der Waals surface area contributed by atoms with Crippen LogP contribution in [0.5, 0.6) is 0 Å². The summed E-state index contributed by atoms with van der Waals surface area (Å²) < 4.78 is 0. The zero-order valence-electron chi connectivity index (χ0n) is 12.9. The van der Waals surface area contributed by atoms with Gasteiger partial charge >= 0.3 is 0 Å². The van der Waals surface area contributed by atoms with E-state index in [0.29, 0.717) is 15.6 Å². The van der Waals surface area contributed by atoms with Gasteiger partial charge in [-0.15, -0.1) is 0 Å². The highest BCUT2D eigenvalue weighted by Gasteiger charge is 2.36. The highest BCUT2D eigenvalue weighted by Crippen LogP contribution is 2.35. The first-order chi connectivity index (χ1) is 11.5. The molecule has 0 radical (unpaired) electrons. The molecule has 1 aliphatic rings. The lowest BCUT2D eigenvalue weighted by molar-refractivity contribution is -0.113. The van der Waals surface area contributed by atoms with E-state index in [1.54, 1.807) is 30.3 Å². The van der Waals surface area contributed by atoms with Crippen LogP contribution in [-0.4, -0.2) is 11.1 Å². The Hall–Kier alpha value is -2.30. The Bertz CT molecular complexity index is 841. The van der Waals surface area contributed by atoms with Gasteiger partial charge in [-0.3, -0.25) is 9.59 Å². The topological polar surface area (TPSA) is 37.4 Å². The summed E-state index contributed by atoms with van der Waals surface area (Å²) in [4.78, 5) is 26.3. The van der Waals surface area contributed by atoms with E-state index in [1.807, 2.05) is 43.3 Å². The highest BCUT2D eigenvalue weighted by molar-refractivity contribution is 8.18. The number of anilines is 1. The van der Waals surface area contributed by atoms with Crippen LogP contribution in [0.4, 0.5) is 10.5 Å². The molecule has 1 heterocycles. The third-order valence-electron chi connectivity index (χ3n) is 3.43. The van der Waals surface area contributed by atoms with Crippen molar-refractivity contribution in [2.75, 3.05) is 4.90 Å². The van der Waals surface area contributed by atoms with Gasteiger partial charge in [0, 0.05) is 5.02 Å². The van der Waals surface area contributed by atoms with Crippen LogP contribution in [-0.2, 0) is 4.79 Å². The number of hydrogen-bond donors (Lipinski definition) is 0. The van der Waals surface area contributed by atoms with Gasteiger partial charge in [-0.25, -0.2) is 4.90 Å². The fraction of sp³-hybridized carbons (Fsp3) is 0.0526. The number of carbonyl (C=O) groups is 2. The van der Waals surface area contributed by atoms with E-state index >= 15 is 0 Å². The molecule has 0 unspecified atom stereocenters. The lowest BCUT2D eigenvalue weighted by Gasteiger charge is -2.12. The fourth-order valence-electron chi connectivity index (χ4n) is 2.34. The third kappa shape index (κ3) is 3.61. The van der Waals surface area contributed by atoms with Crippen LogP contribution < -0.4 is 4.90 Å². The van der Waals surface area contributed by atoms with Crippen LogP contribution in [0, 0.1) is 0 Å². The minimum atomic E-state index is -0.312. The molecule has 1 aliphatic heterocycles. The van der Waals surface area contributed by atoms with Crippen molar-refractivity contribution in [1.82, 2.24) is 0 Å². The lowest BCUT2D eigenvalue weighted by atomic mass is 10.1. The second kappa shape index (κ2) is 7.07. The van der Waals surface area contributed by atoms with Crippen molar-refractivity contribution in [1.29, 1.82) is 0 Å². The Balaban J connectivity index is 1.85. The number of imide groups is 1. The molecular formula is C19H14ClNO2S. The van der Waals surface area contributed by atoms with Crippen molar-refractivity contribution in [3.63, 3.8) is 0 Å². The van der Waals surface area contributed by atoms with E-state index in [9.17, 15) is 9.59 Å². The number of amides is 2. The SMILES string of the molecule is CC(=C\c1ccccc1)/C=C1/SC(=O)N(c2ccc(Cl)cc2)C1=O. The fourth-order valence-corrected chi connectivity index (χ4v) is 3.36. The Morgan fingerprint density at radius 3 is 2.38 bits per heavy atom. The summed E-state index contributed by atoms with van der Waals surface area (Å²) in [7, 11) is 0. The minimum absolute atomic E-state index is 0.305. The number of nitrogens with zero attached hydrogens (tertiary/aromatic N) is 1. The smallest absolute Gasteiger partial charge is 0.268 e. The van der Waals surface area contributed by atoms with Gasteiger partial charge < -0.3 is 0 Å². The van der Waals surface area contributed by atoms with Gasteiger partial charge in [-0.2, -0.15) is 0 Å². The molecule has 0 atom stereocenters. The van der Waals surface area contributed by atoms with Crippen LogP contribution in [0.15, 0.2) is 71.2 Å². The predicted molar refractivity (Wildman–Crippen MR) is 100 cm³/mol. The van der Waals surface area contributed by atoms with Gasteiger partial charge in [0.2, 0.25) is 0 Å². The van der Waals surface area contributed by atoms with Crippen LogP contribution in [0.3, 0.4) is 0 Å². The molecule has 1 saturated heterocycles. The predicted octanol–water partition coefficient (Wildman–Crippen LogP) is 5.53. The van der Waals surface area contributed by atoms with Crippen molar-refractivity contribution in [3.8, 4) is 0 Å². The van der Waals surface area contributed by atoms with Crippen molar-refractivity contribution in [3.05, 3.63) is 81.7 Å². The number of thioether (sulfide) groups is 1. The average molecular weight is 356 g/mol. The van der Waals surface area contributed by atoms with Crippen molar-refractivity contribution >= 4 is 46.3 Å². The molecule has 0 bridgehead atoms. The normalized spacial score (nSPS) is 17.0. The number of rotatable bonds is 3. The quantitative estimate of drug-likeness (QED) is 0.679. The molecule has 0 aliphatic carbocycles. The van der Waals surface area contributed by atoms with Crippen LogP contribution in [0.25, 0.3) is 6.08 Å². The number of allylic oxidation sites excluding steroid dienone is 2. The zero-order valence-corrected chi connectivity index (χ0v) is 14.5. The van der Waals surface area contributed by atoms with Gasteiger partial charge in [-0.05, 0) is 60.2 Å². The zero-order chi connectivity index (χ0) is 17.1. The van der Waals surface area contributed by atoms with Gasteiger partial charge in [-0.1, -0.05) is 48.0 Å². The lowest BCUT2D eigenvalue weighted by Crippen LogP contribution is -2.27. The third-order valence-corrected chi connectivity index (χ3v) is 4.55. The first-order valence-corrected chi connectivity index (χ1v) is 8.51. The summed E-state index contributed by atoms with van der Waals surface area (Å²) in [6, 6.07) is 16.5. The monoisotopic (exact) mass is 355 g/mol. The van der Waals surface area contributed by atoms with Gasteiger partial charge in [0.1, 0.15) is 0 Å². The van der Waals surface area contributed by atoms with Crippen LogP contribution >= 0.6 is 23.4 Å². The highest BCUT2D eigenvalue weighted by atomic mass is 35.5. The Morgan fingerprint density at radius 2 is 1.71 bits per heavy atom. The maximum Gasteiger partial charge on any atom is 0.298 e. The molecule has 24 heavy (non-hydrogen) atoms. The molecule has 120 valence electrons. The Kier molecular flexibility index (Phi) is 4.88. The van der Waals surface area contributed by atoms with E-state index in [2.05, 4.69) is 0 Å². The maximum absolute atomic E-state index is 12.5. The van der Waals surface area contributed by atoms with E-state index in [4.69, 9.17) is 11.6 Å². The number of hydrogen-bond acceptors (Lipinski definition) is 3. The second-order valence-corrected chi connectivity index (χ2v) is 6.72. The van der Waals surface area contributed by atoms with Crippen LogP contribution in [0.2, 0.25) is 5.02 Å². The molecule has 0 spiro atoms. The number of halogens is 1.